The van der Waals surface area contributed by atoms with Crippen LogP contribution in [0.15, 0.2) is 30.6 Å². The largest absolute Gasteiger partial charge is 0.467 e. The smallest absolute Gasteiger partial charge is 0.410 e. The van der Waals surface area contributed by atoms with E-state index in [-0.39, 0.29) is 12.0 Å². The molecule has 2 aromatic rings. The maximum atomic E-state index is 12.7. The van der Waals surface area contributed by atoms with E-state index < -0.39 is 18.1 Å². The normalized spacial score (nSPS) is 19.4. The Morgan fingerprint density at radius 3 is 2.94 bits per heavy atom. The molecule has 4 rings (SSSR count). The molecule has 10 heteroatoms. The van der Waals surface area contributed by atoms with Crippen LogP contribution in [0.1, 0.15) is 40.8 Å². The van der Waals surface area contributed by atoms with Gasteiger partial charge in [-0.1, -0.05) is 6.07 Å². The fraction of sp³-hybridized carbons (Fsp3) is 0.375. The van der Waals surface area contributed by atoms with Crippen LogP contribution in [0.3, 0.4) is 0 Å². The fourth-order valence-corrected chi connectivity index (χ4v) is 5.50. The van der Waals surface area contributed by atoms with E-state index in [1.54, 1.807) is 24.5 Å². The van der Waals surface area contributed by atoms with Crippen molar-refractivity contribution in [2.75, 3.05) is 19.0 Å². The molecule has 176 valence electrons. The molecule has 2 aromatic heterocycles. The lowest BCUT2D eigenvalue weighted by molar-refractivity contribution is -0.145. The van der Waals surface area contributed by atoms with Crippen molar-refractivity contribution in [3.8, 4) is 6.07 Å². The average molecular weight is 481 g/mol. The van der Waals surface area contributed by atoms with Crippen molar-refractivity contribution in [3.63, 3.8) is 0 Å². The zero-order valence-electron chi connectivity index (χ0n) is 18.7. The van der Waals surface area contributed by atoms with Crippen LogP contribution in [0.2, 0.25) is 0 Å². The first-order valence-corrected chi connectivity index (χ1v) is 11.8. The Kier molecular flexibility index (Phi) is 7.23. The predicted molar refractivity (Wildman–Crippen MR) is 125 cm³/mol. The highest BCUT2D eigenvalue weighted by atomic mass is 32.1. The standard InChI is InChI=1S/C24H24N4O5S/c1-32-23(30)19-5-3-11-28(19)24(31)33-16-7-8-17-18(13-25)22(34-20(17)12-16)27-21(29)9-6-15-4-2-10-26-14-15/h2,4,6,9-10,14,16,19H,3,5,7-8,11-12H2,1H3,(H,27,29)/b9-6+/t16?,19-/m0/s1. The third-order valence-corrected chi connectivity index (χ3v) is 7.08. The minimum absolute atomic E-state index is 0.343. The maximum Gasteiger partial charge on any atom is 0.410 e. The van der Waals surface area contributed by atoms with E-state index in [1.165, 1.54) is 29.4 Å². The van der Waals surface area contributed by atoms with E-state index in [2.05, 4.69) is 16.4 Å². The Hall–Kier alpha value is -3.71. The first-order valence-electron chi connectivity index (χ1n) is 11.0. The number of methoxy groups -OCH3 is 1. The Labute approximate surface area is 201 Å². The molecule has 2 aliphatic rings. The minimum atomic E-state index is -0.606. The number of nitrogens with zero attached hydrogens (tertiary/aromatic N) is 3. The molecule has 1 N–H and O–H groups in total. The van der Waals surface area contributed by atoms with Gasteiger partial charge in [0.1, 0.15) is 23.2 Å². The van der Waals surface area contributed by atoms with Gasteiger partial charge in [0.25, 0.3) is 0 Å². The van der Waals surface area contributed by atoms with E-state index >= 15 is 0 Å². The molecule has 1 unspecified atom stereocenters. The van der Waals surface area contributed by atoms with Crippen LogP contribution in [-0.4, -0.2) is 53.7 Å². The number of hydrogen-bond acceptors (Lipinski definition) is 8. The monoisotopic (exact) mass is 480 g/mol. The number of pyridine rings is 1. The topological polar surface area (TPSA) is 122 Å². The molecule has 0 saturated carbocycles. The number of esters is 1. The zero-order valence-corrected chi connectivity index (χ0v) is 19.5. The summed E-state index contributed by atoms with van der Waals surface area (Å²) in [7, 11) is 1.31. The molecule has 34 heavy (non-hydrogen) atoms. The molecule has 2 atom stereocenters. The summed E-state index contributed by atoms with van der Waals surface area (Å²) in [5.41, 5.74) is 2.14. The van der Waals surface area contributed by atoms with Gasteiger partial charge in [0.05, 0.1) is 12.7 Å². The molecule has 2 amide bonds. The number of likely N-dealkylation sites (tertiary alicyclic amines) is 1. The lowest BCUT2D eigenvalue weighted by atomic mass is 9.94. The van der Waals surface area contributed by atoms with Crippen LogP contribution in [-0.2, 0) is 31.9 Å². The highest BCUT2D eigenvalue weighted by Crippen LogP contribution is 2.38. The predicted octanol–water partition coefficient (Wildman–Crippen LogP) is 3.30. The van der Waals surface area contributed by atoms with Gasteiger partial charge in [0, 0.05) is 36.3 Å². The highest BCUT2D eigenvalue weighted by molar-refractivity contribution is 7.16. The van der Waals surface area contributed by atoms with E-state index in [1.807, 2.05) is 6.07 Å². The maximum absolute atomic E-state index is 12.7. The van der Waals surface area contributed by atoms with Crippen molar-refractivity contribution in [2.45, 2.75) is 44.2 Å². The fourth-order valence-electron chi connectivity index (χ4n) is 4.24. The van der Waals surface area contributed by atoms with Crippen LogP contribution >= 0.6 is 11.3 Å². The summed E-state index contributed by atoms with van der Waals surface area (Å²) in [4.78, 5) is 43.4. The number of aromatic nitrogens is 1. The third kappa shape index (κ3) is 5.10. The van der Waals surface area contributed by atoms with Gasteiger partial charge in [-0.3, -0.25) is 14.7 Å². The summed E-state index contributed by atoms with van der Waals surface area (Å²) in [6.45, 7) is 0.455. The van der Waals surface area contributed by atoms with Gasteiger partial charge in [-0.15, -0.1) is 11.3 Å². The van der Waals surface area contributed by atoms with Crippen LogP contribution in [0.4, 0.5) is 9.80 Å². The van der Waals surface area contributed by atoms with E-state index in [9.17, 15) is 19.6 Å². The number of carbonyl (C=O) groups excluding carboxylic acids is 3. The van der Waals surface area contributed by atoms with Gasteiger partial charge >= 0.3 is 12.1 Å². The number of fused-ring (bicyclic) bond motifs is 1. The lowest BCUT2D eigenvalue weighted by Gasteiger charge is -2.27. The molecular weight excluding hydrogens is 456 g/mol. The van der Waals surface area contributed by atoms with Crippen molar-refractivity contribution in [1.82, 2.24) is 9.88 Å². The van der Waals surface area contributed by atoms with Crippen LogP contribution in [0, 0.1) is 11.3 Å². The molecule has 1 saturated heterocycles. The Bertz CT molecular complexity index is 1150. The highest BCUT2D eigenvalue weighted by Gasteiger charge is 2.37. The Morgan fingerprint density at radius 2 is 2.21 bits per heavy atom. The molecule has 1 fully saturated rings. The number of anilines is 1. The molecule has 0 spiro atoms. The summed E-state index contributed by atoms with van der Waals surface area (Å²) in [5.74, 6) is -0.778. The molecule has 0 radical (unpaired) electrons. The van der Waals surface area contributed by atoms with Gasteiger partial charge in [-0.2, -0.15) is 5.26 Å². The molecule has 1 aliphatic heterocycles. The number of rotatable bonds is 5. The SMILES string of the molecule is COC(=O)[C@@H]1CCCN1C(=O)OC1CCc2c(sc(NC(=O)/C=C/c3cccnc3)c2C#N)C1. The number of carbonyl (C=O) groups is 3. The summed E-state index contributed by atoms with van der Waals surface area (Å²) in [6.07, 6.45) is 8.33. The number of hydrogen-bond donors (Lipinski definition) is 1. The Balaban J connectivity index is 1.41. The van der Waals surface area contributed by atoms with Gasteiger partial charge < -0.3 is 14.8 Å². The number of ether oxygens (including phenoxy) is 2. The van der Waals surface area contributed by atoms with Crippen molar-refractivity contribution in [1.29, 1.82) is 5.26 Å². The van der Waals surface area contributed by atoms with Crippen molar-refractivity contribution in [3.05, 3.63) is 52.2 Å². The molecule has 9 nitrogen and oxygen atoms in total. The molecule has 0 aromatic carbocycles. The summed E-state index contributed by atoms with van der Waals surface area (Å²) < 4.78 is 10.5. The van der Waals surface area contributed by atoms with Crippen LogP contribution in [0.25, 0.3) is 6.08 Å². The molecular formula is C24H24N4O5S. The van der Waals surface area contributed by atoms with E-state index in [0.29, 0.717) is 42.8 Å². The third-order valence-electron chi connectivity index (χ3n) is 5.91. The van der Waals surface area contributed by atoms with Crippen LogP contribution < -0.4 is 5.32 Å². The van der Waals surface area contributed by atoms with E-state index in [4.69, 9.17) is 9.47 Å². The summed E-state index contributed by atoms with van der Waals surface area (Å²) in [5, 5.41) is 13.0. The van der Waals surface area contributed by atoms with Gasteiger partial charge in [0.15, 0.2) is 0 Å². The lowest BCUT2D eigenvalue weighted by Crippen LogP contribution is -2.43. The van der Waals surface area contributed by atoms with Crippen molar-refractivity contribution >= 4 is 40.4 Å². The second kappa shape index (κ2) is 10.5. The average Bonchev–Trinajstić information content (AvgIpc) is 3.47. The van der Waals surface area contributed by atoms with Crippen molar-refractivity contribution < 1.29 is 23.9 Å². The Morgan fingerprint density at radius 1 is 1.35 bits per heavy atom. The summed E-state index contributed by atoms with van der Waals surface area (Å²) >= 11 is 1.33. The molecule has 1 aliphatic carbocycles. The molecule has 3 heterocycles. The van der Waals surface area contributed by atoms with Gasteiger partial charge in [-0.25, -0.2) is 9.59 Å². The van der Waals surface area contributed by atoms with Gasteiger partial charge in [-0.05, 0) is 49.0 Å². The number of thiophene rings is 1. The first kappa shape index (κ1) is 23.4. The number of nitriles is 1. The van der Waals surface area contributed by atoms with Crippen LogP contribution in [0.5, 0.6) is 0 Å². The quantitative estimate of drug-likeness (QED) is 0.515. The van der Waals surface area contributed by atoms with Crippen molar-refractivity contribution in [2.24, 2.45) is 0 Å². The van der Waals surface area contributed by atoms with E-state index in [0.717, 1.165) is 22.4 Å². The van der Waals surface area contributed by atoms with Gasteiger partial charge in [0.2, 0.25) is 5.91 Å². The second-order valence-corrected chi connectivity index (χ2v) is 9.16. The second-order valence-electron chi connectivity index (χ2n) is 8.05. The number of nitrogens with one attached hydrogen (secondary N) is 1. The number of amides is 2. The zero-order chi connectivity index (χ0) is 24.1. The molecule has 0 bridgehead atoms. The minimum Gasteiger partial charge on any atom is -0.467 e. The summed E-state index contributed by atoms with van der Waals surface area (Å²) in [6, 6.07) is 5.21. The first-order chi connectivity index (χ1) is 16.5.